The summed E-state index contributed by atoms with van der Waals surface area (Å²) in [5.74, 6) is -1.29. The Balaban J connectivity index is 3.48. The summed E-state index contributed by atoms with van der Waals surface area (Å²) in [6, 6.07) is 0.931. The van der Waals surface area contributed by atoms with E-state index in [2.05, 4.69) is 30.3 Å². The van der Waals surface area contributed by atoms with E-state index in [0.29, 0.717) is 26.1 Å². The van der Waals surface area contributed by atoms with Crippen LogP contribution in [0.2, 0.25) is 25.7 Å². The number of ether oxygens (including phenoxy) is 1. The molecule has 0 spiro atoms. The number of alkyl carbamates (subject to hydrolysis) is 1. The van der Waals surface area contributed by atoms with Gasteiger partial charge in [-0.15, -0.1) is 0 Å². The van der Waals surface area contributed by atoms with E-state index in [-0.39, 0.29) is 18.7 Å². The monoisotopic (exact) mass is 318 g/mol. The SMILES string of the molecule is C[Si](C)(C)CCOC(=O)NCCCNC(=O)CCC(=O)O. The first-order chi connectivity index (χ1) is 9.70. The Hall–Kier alpha value is -1.57. The number of carbonyl (C=O) groups is 3. The van der Waals surface area contributed by atoms with Gasteiger partial charge in [0.05, 0.1) is 13.0 Å². The van der Waals surface area contributed by atoms with Crippen molar-refractivity contribution in [1.29, 1.82) is 0 Å². The van der Waals surface area contributed by atoms with Crippen LogP contribution in [-0.4, -0.2) is 50.8 Å². The van der Waals surface area contributed by atoms with Crippen molar-refractivity contribution in [2.24, 2.45) is 0 Å². The highest BCUT2D eigenvalue weighted by molar-refractivity contribution is 6.76. The molecule has 0 rings (SSSR count). The van der Waals surface area contributed by atoms with Crippen molar-refractivity contribution in [3.63, 3.8) is 0 Å². The smallest absolute Gasteiger partial charge is 0.407 e. The van der Waals surface area contributed by atoms with Gasteiger partial charge in [-0.2, -0.15) is 0 Å². The van der Waals surface area contributed by atoms with Gasteiger partial charge < -0.3 is 20.5 Å². The average Bonchev–Trinajstić information content (AvgIpc) is 2.34. The zero-order chi connectivity index (χ0) is 16.3. The third-order valence-corrected chi connectivity index (χ3v) is 4.30. The van der Waals surface area contributed by atoms with Gasteiger partial charge in [-0.1, -0.05) is 19.6 Å². The largest absolute Gasteiger partial charge is 0.481 e. The molecule has 0 aromatic carbocycles. The molecule has 0 aliphatic heterocycles. The van der Waals surface area contributed by atoms with E-state index in [1.54, 1.807) is 0 Å². The number of carboxylic acid groups (broad SMARTS) is 1. The van der Waals surface area contributed by atoms with Crippen LogP contribution in [0.3, 0.4) is 0 Å². The molecule has 21 heavy (non-hydrogen) atoms. The van der Waals surface area contributed by atoms with Crippen molar-refractivity contribution >= 4 is 26.0 Å². The van der Waals surface area contributed by atoms with Crippen LogP contribution in [0, 0.1) is 0 Å². The lowest BCUT2D eigenvalue weighted by molar-refractivity contribution is -0.138. The van der Waals surface area contributed by atoms with E-state index < -0.39 is 20.1 Å². The van der Waals surface area contributed by atoms with E-state index in [9.17, 15) is 14.4 Å². The third-order valence-electron chi connectivity index (χ3n) is 2.60. The Bertz CT molecular complexity index is 355. The fraction of sp³-hybridized carbons (Fsp3) is 0.769. The van der Waals surface area contributed by atoms with E-state index in [0.717, 1.165) is 6.04 Å². The van der Waals surface area contributed by atoms with Crippen molar-refractivity contribution < 1.29 is 24.2 Å². The molecule has 0 radical (unpaired) electrons. The standard InChI is InChI=1S/C13H26N2O5Si/c1-21(2,3)10-9-20-13(19)15-8-4-7-14-11(16)5-6-12(17)18/h4-10H2,1-3H3,(H,14,16)(H,15,19)(H,17,18). The van der Waals surface area contributed by atoms with Crippen LogP contribution in [0.1, 0.15) is 19.3 Å². The summed E-state index contributed by atoms with van der Waals surface area (Å²) in [5.41, 5.74) is 0. The van der Waals surface area contributed by atoms with Gasteiger partial charge in [-0.25, -0.2) is 4.79 Å². The molecule has 7 nitrogen and oxygen atoms in total. The number of carboxylic acids is 1. The Morgan fingerprint density at radius 2 is 1.67 bits per heavy atom. The fourth-order valence-corrected chi connectivity index (χ4v) is 2.03. The highest BCUT2D eigenvalue weighted by atomic mass is 28.3. The Labute approximate surface area is 126 Å². The van der Waals surface area contributed by atoms with E-state index in [1.807, 2.05) is 0 Å². The summed E-state index contributed by atoms with van der Waals surface area (Å²) in [6.07, 6.45) is -0.0674. The second-order valence-electron chi connectivity index (χ2n) is 5.97. The molecule has 0 saturated carbocycles. The topological polar surface area (TPSA) is 105 Å². The fourth-order valence-electron chi connectivity index (χ4n) is 1.32. The zero-order valence-electron chi connectivity index (χ0n) is 13.0. The van der Waals surface area contributed by atoms with E-state index in [4.69, 9.17) is 9.84 Å². The Morgan fingerprint density at radius 1 is 1.05 bits per heavy atom. The molecule has 0 fully saturated rings. The Morgan fingerprint density at radius 3 is 2.24 bits per heavy atom. The number of nitrogens with one attached hydrogen (secondary N) is 2. The van der Waals surface area contributed by atoms with Crippen LogP contribution in [0.25, 0.3) is 0 Å². The number of aliphatic carboxylic acids is 1. The first-order valence-electron chi connectivity index (χ1n) is 7.10. The molecule has 0 aliphatic rings. The first kappa shape index (κ1) is 19.4. The summed E-state index contributed by atoms with van der Waals surface area (Å²) in [4.78, 5) is 32.8. The molecule has 3 N–H and O–H groups in total. The zero-order valence-corrected chi connectivity index (χ0v) is 14.0. The second-order valence-corrected chi connectivity index (χ2v) is 11.6. The predicted molar refractivity (Wildman–Crippen MR) is 82.0 cm³/mol. The van der Waals surface area contributed by atoms with E-state index >= 15 is 0 Å². The minimum absolute atomic E-state index is 0.0263. The van der Waals surface area contributed by atoms with Gasteiger partial charge in [-0.05, 0) is 12.5 Å². The van der Waals surface area contributed by atoms with Crippen molar-refractivity contribution in [3.8, 4) is 0 Å². The molecular weight excluding hydrogens is 292 g/mol. The number of carbonyl (C=O) groups excluding carboxylic acids is 2. The maximum absolute atomic E-state index is 11.3. The number of rotatable bonds is 10. The number of amides is 2. The van der Waals surface area contributed by atoms with Crippen LogP contribution in [-0.2, 0) is 14.3 Å². The van der Waals surface area contributed by atoms with Crippen molar-refractivity contribution in [3.05, 3.63) is 0 Å². The van der Waals surface area contributed by atoms with Gasteiger partial charge in [0.15, 0.2) is 0 Å². The molecule has 122 valence electrons. The third kappa shape index (κ3) is 14.6. The Kier molecular flexibility index (Phi) is 9.43. The molecular formula is C13H26N2O5Si. The molecule has 8 heteroatoms. The van der Waals surface area contributed by atoms with Gasteiger partial charge in [0.1, 0.15) is 0 Å². The number of hydrogen-bond acceptors (Lipinski definition) is 4. The lowest BCUT2D eigenvalue weighted by atomic mass is 10.3. The molecule has 2 amide bonds. The van der Waals surface area contributed by atoms with Gasteiger partial charge in [0, 0.05) is 27.6 Å². The molecule has 0 bridgehead atoms. The highest BCUT2D eigenvalue weighted by Crippen LogP contribution is 2.07. The molecule has 0 unspecified atom stereocenters. The van der Waals surface area contributed by atoms with Crippen LogP contribution in [0.4, 0.5) is 4.79 Å². The predicted octanol–water partition coefficient (Wildman–Crippen LogP) is 1.42. The normalized spacial score (nSPS) is 10.8. The van der Waals surface area contributed by atoms with Crippen molar-refractivity contribution in [2.45, 2.75) is 44.9 Å². The maximum atomic E-state index is 11.3. The summed E-state index contributed by atoms with van der Waals surface area (Å²) in [5, 5.41) is 13.6. The minimum atomic E-state index is -1.19. The molecule has 0 aromatic rings. The van der Waals surface area contributed by atoms with Crippen LogP contribution in [0.5, 0.6) is 0 Å². The number of hydrogen-bond donors (Lipinski definition) is 3. The van der Waals surface area contributed by atoms with Gasteiger partial charge >= 0.3 is 12.1 Å². The summed E-state index contributed by atoms with van der Waals surface area (Å²) >= 11 is 0. The lowest BCUT2D eigenvalue weighted by Gasteiger charge is -2.15. The van der Waals surface area contributed by atoms with Crippen LogP contribution < -0.4 is 10.6 Å². The molecule has 0 aliphatic carbocycles. The van der Waals surface area contributed by atoms with Crippen LogP contribution in [0.15, 0.2) is 0 Å². The average molecular weight is 318 g/mol. The second kappa shape index (κ2) is 10.2. The van der Waals surface area contributed by atoms with Crippen molar-refractivity contribution in [2.75, 3.05) is 19.7 Å². The molecule has 0 heterocycles. The van der Waals surface area contributed by atoms with Gasteiger partial charge in [0.2, 0.25) is 5.91 Å². The molecule has 0 aromatic heterocycles. The minimum Gasteiger partial charge on any atom is -0.481 e. The highest BCUT2D eigenvalue weighted by Gasteiger charge is 2.13. The van der Waals surface area contributed by atoms with E-state index in [1.165, 1.54) is 0 Å². The lowest BCUT2D eigenvalue weighted by Crippen LogP contribution is -2.31. The summed E-state index contributed by atoms with van der Waals surface area (Å²) in [6.45, 7) is 7.87. The van der Waals surface area contributed by atoms with Gasteiger partial charge in [0.25, 0.3) is 0 Å². The first-order valence-corrected chi connectivity index (χ1v) is 10.8. The summed E-state index contributed by atoms with van der Waals surface area (Å²) < 4.78 is 5.04. The molecule has 0 atom stereocenters. The summed E-state index contributed by atoms with van der Waals surface area (Å²) in [7, 11) is -1.19. The van der Waals surface area contributed by atoms with Gasteiger partial charge in [-0.3, -0.25) is 9.59 Å². The maximum Gasteiger partial charge on any atom is 0.407 e. The van der Waals surface area contributed by atoms with Crippen LogP contribution >= 0.6 is 0 Å². The molecule has 0 saturated heterocycles. The quantitative estimate of drug-likeness (QED) is 0.417. The van der Waals surface area contributed by atoms with Crippen molar-refractivity contribution in [1.82, 2.24) is 10.6 Å².